The number of para-hydroxylation sites is 1. The van der Waals surface area contributed by atoms with Crippen molar-refractivity contribution in [3.63, 3.8) is 0 Å². The summed E-state index contributed by atoms with van der Waals surface area (Å²) >= 11 is 1.73. The van der Waals surface area contributed by atoms with Crippen molar-refractivity contribution in [2.24, 2.45) is 5.41 Å². The van der Waals surface area contributed by atoms with Crippen LogP contribution in [-0.4, -0.2) is 10.8 Å². The Morgan fingerprint density at radius 2 is 2.06 bits per heavy atom. The first-order valence-electron chi connectivity index (χ1n) is 5.80. The summed E-state index contributed by atoms with van der Waals surface area (Å²) in [6, 6.07) is 8.17. The van der Waals surface area contributed by atoms with E-state index in [0.29, 0.717) is 6.42 Å². The minimum absolute atomic E-state index is 0.000288. The van der Waals surface area contributed by atoms with Crippen molar-refractivity contribution in [2.75, 3.05) is 0 Å². The summed E-state index contributed by atoms with van der Waals surface area (Å²) in [6.45, 7) is 5.90. The van der Waals surface area contributed by atoms with E-state index in [-0.39, 0.29) is 11.2 Å². The predicted molar refractivity (Wildman–Crippen MR) is 72.4 cm³/mol. The van der Waals surface area contributed by atoms with Gasteiger partial charge in [-0.25, -0.2) is 4.98 Å². The molecule has 0 fully saturated rings. The van der Waals surface area contributed by atoms with Crippen molar-refractivity contribution in [1.29, 1.82) is 0 Å². The van der Waals surface area contributed by atoms with Gasteiger partial charge in [-0.05, 0) is 24.5 Å². The van der Waals surface area contributed by atoms with Gasteiger partial charge in [-0.15, -0.1) is 11.3 Å². The number of hydrogen-bond donors (Lipinski definition) is 0. The molecule has 0 saturated carbocycles. The van der Waals surface area contributed by atoms with Gasteiger partial charge in [0.25, 0.3) is 0 Å². The molecule has 2 rings (SSSR count). The molecule has 1 aromatic carbocycles. The number of aromatic nitrogens is 1. The van der Waals surface area contributed by atoms with Crippen LogP contribution in [0.2, 0.25) is 0 Å². The molecule has 2 aromatic rings. The summed E-state index contributed by atoms with van der Waals surface area (Å²) < 4.78 is 1.22. The molecule has 0 spiro atoms. The van der Waals surface area contributed by atoms with Crippen molar-refractivity contribution in [1.82, 2.24) is 4.98 Å². The highest BCUT2D eigenvalue weighted by Crippen LogP contribution is 2.30. The Labute approximate surface area is 106 Å². The molecule has 0 bridgehead atoms. The summed E-state index contributed by atoms with van der Waals surface area (Å²) in [5.41, 5.74) is 1.06. The number of carbonyl (C=O) groups is 1. The number of rotatable bonds is 4. The lowest BCUT2D eigenvalue weighted by Crippen LogP contribution is -2.18. The van der Waals surface area contributed by atoms with E-state index in [0.717, 1.165) is 16.9 Å². The number of thiazole rings is 1. The Hall–Kier alpha value is -1.22. The molecule has 0 amide bonds. The van der Waals surface area contributed by atoms with Crippen molar-refractivity contribution < 1.29 is 4.79 Å². The third-order valence-corrected chi connectivity index (χ3v) is 3.73. The van der Waals surface area contributed by atoms with Crippen LogP contribution >= 0.6 is 11.3 Å². The fourth-order valence-electron chi connectivity index (χ4n) is 2.14. The van der Waals surface area contributed by atoms with Gasteiger partial charge in [0, 0.05) is 12.8 Å². The molecule has 0 aliphatic heterocycles. The number of carbonyl (C=O) groups excluding carboxylic acids is 1. The fourth-order valence-corrected chi connectivity index (χ4v) is 3.37. The lowest BCUT2D eigenvalue weighted by atomic mass is 9.84. The Morgan fingerprint density at radius 3 is 2.71 bits per heavy atom. The molecule has 0 atom stereocenters. The van der Waals surface area contributed by atoms with Crippen LogP contribution in [0.4, 0.5) is 0 Å². The molecule has 0 radical (unpaired) electrons. The van der Waals surface area contributed by atoms with E-state index in [9.17, 15) is 4.79 Å². The Kier molecular flexibility index (Phi) is 3.29. The summed E-state index contributed by atoms with van der Waals surface area (Å²) in [6.07, 6.45) is 1.48. The maximum atomic E-state index is 11.2. The lowest BCUT2D eigenvalue weighted by Gasteiger charge is -2.21. The van der Waals surface area contributed by atoms with E-state index < -0.39 is 0 Å². The summed E-state index contributed by atoms with van der Waals surface area (Å²) in [5.74, 6) is 0.246. The summed E-state index contributed by atoms with van der Waals surface area (Å²) in [4.78, 5) is 15.8. The molecule has 90 valence electrons. The van der Waals surface area contributed by atoms with Crippen molar-refractivity contribution in [2.45, 2.75) is 33.6 Å². The summed E-state index contributed by atoms with van der Waals surface area (Å²) in [5, 5.41) is 1.12. The highest BCUT2D eigenvalue weighted by molar-refractivity contribution is 7.18. The Bertz CT molecular complexity index is 509. The number of benzene rings is 1. The molecule has 0 saturated heterocycles. The van der Waals surface area contributed by atoms with E-state index in [1.165, 1.54) is 4.70 Å². The van der Waals surface area contributed by atoms with Gasteiger partial charge in [0.1, 0.15) is 5.78 Å². The molecule has 1 aromatic heterocycles. The number of Topliss-reactive ketones (excluding diaryl/α,β-unsaturated/α-hetero) is 1. The van der Waals surface area contributed by atoms with E-state index >= 15 is 0 Å². The zero-order valence-electron chi connectivity index (χ0n) is 10.5. The van der Waals surface area contributed by atoms with Crippen molar-refractivity contribution in [3.8, 4) is 0 Å². The molecule has 0 aliphatic rings. The topological polar surface area (TPSA) is 30.0 Å². The first-order valence-corrected chi connectivity index (χ1v) is 6.62. The first-order chi connectivity index (χ1) is 7.96. The third kappa shape index (κ3) is 3.13. The Balaban J connectivity index is 2.20. The van der Waals surface area contributed by atoms with E-state index in [2.05, 4.69) is 24.9 Å². The zero-order valence-corrected chi connectivity index (χ0v) is 11.3. The molecule has 2 nitrogen and oxygen atoms in total. The van der Waals surface area contributed by atoms with Gasteiger partial charge >= 0.3 is 0 Å². The zero-order chi connectivity index (χ0) is 12.5. The van der Waals surface area contributed by atoms with Gasteiger partial charge in [0.05, 0.1) is 15.2 Å². The number of ketones is 1. The van der Waals surface area contributed by atoms with Crippen LogP contribution in [-0.2, 0) is 11.2 Å². The Morgan fingerprint density at radius 1 is 1.35 bits per heavy atom. The van der Waals surface area contributed by atoms with Gasteiger partial charge < -0.3 is 4.79 Å². The number of hydrogen-bond acceptors (Lipinski definition) is 3. The van der Waals surface area contributed by atoms with E-state index in [4.69, 9.17) is 0 Å². The second kappa shape index (κ2) is 4.57. The largest absolute Gasteiger partial charge is 0.300 e. The monoisotopic (exact) mass is 247 g/mol. The van der Waals surface area contributed by atoms with Crippen LogP contribution in [0.3, 0.4) is 0 Å². The van der Waals surface area contributed by atoms with Crippen LogP contribution in [0.25, 0.3) is 10.2 Å². The minimum Gasteiger partial charge on any atom is -0.300 e. The van der Waals surface area contributed by atoms with Crippen LogP contribution in [0.5, 0.6) is 0 Å². The number of nitrogens with zero attached hydrogens (tertiary/aromatic N) is 1. The third-order valence-electron chi connectivity index (χ3n) is 2.70. The van der Waals surface area contributed by atoms with Gasteiger partial charge in [0.15, 0.2) is 0 Å². The van der Waals surface area contributed by atoms with E-state index in [1.807, 2.05) is 18.2 Å². The summed E-state index contributed by atoms with van der Waals surface area (Å²) in [7, 11) is 0. The van der Waals surface area contributed by atoms with Crippen molar-refractivity contribution in [3.05, 3.63) is 29.3 Å². The first kappa shape index (κ1) is 12.2. The van der Waals surface area contributed by atoms with Gasteiger partial charge in [-0.1, -0.05) is 26.0 Å². The smallest absolute Gasteiger partial charge is 0.130 e. The second-order valence-electron chi connectivity index (χ2n) is 5.30. The van der Waals surface area contributed by atoms with Crippen LogP contribution in [0, 0.1) is 5.41 Å². The molecule has 0 N–H and O–H groups in total. The fraction of sp³-hybridized carbons (Fsp3) is 0.429. The molecule has 1 heterocycles. The molecular formula is C14H17NOS. The normalized spacial score (nSPS) is 11.9. The quantitative estimate of drug-likeness (QED) is 0.821. The van der Waals surface area contributed by atoms with E-state index in [1.54, 1.807) is 18.3 Å². The molecule has 3 heteroatoms. The molecule has 17 heavy (non-hydrogen) atoms. The maximum Gasteiger partial charge on any atom is 0.130 e. The predicted octanol–water partition coefficient (Wildman–Crippen LogP) is 3.84. The SMILES string of the molecule is CC(=O)CC(C)(C)Cc1nc2ccccc2s1. The highest BCUT2D eigenvalue weighted by Gasteiger charge is 2.22. The molecular weight excluding hydrogens is 230 g/mol. The highest BCUT2D eigenvalue weighted by atomic mass is 32.1. The van der Waals surface area contributed by atoms with Gasteiger partial charge in [-0.2, -0.15) is 0 Å². The van der Waals surface area contributed by atoms with Crippen molar-refractivity contribution >= 4 is 27.3 Å². The van der Waals surface area contributed by atoms with Crippen LogP contribution < -0.4 is 0 Å². The van der Waals surface area contributed by atoms with Gasteiger partial charge in [-0.3, -0.25) is 0 Å². The van der Waals surface area contributed by atoms with Crippen LogP contribution in [0.1, 0.15) is 32.2 Å². The average molecular weight is 247 g/mol. The molecule has 0 unspecified atom stereocenters. The average Bonchev–Trinajstić information content (AvgIpc) is 2.55. The second-order valence-corrected chi connectivity index (χ2v) is 6.41. The van der Waals surface area contributed by atoms with Crippen LogP contribution in [0.15, 0.2) is 24.3 Å². The molecule has 0 aliphatic carbocycles. The van der Waals surface area contributed by atoms with Gasteiger partial charge in [0.2, 0.25) is 0 Å². The lowest BCUT2D eigenvalue weighted by molar-refractivity contribution is -0.118. The maximum absolute atomic E-state index is 11.2. The minimum atomic E-state index is -0.000288. The standard InChI is InChI=1S/C14H17NOS/c1-10(16)8-14(2,3)9-13-15-11-6-4-5-7-12(11)17-13/h4-7H,8-9H2,1-3H3. The number of fused-ring (bicyclic) bond motifs is 1.